The van der Waals surface area contributed by atoms with Gasteiger partial charge in [0, 0.05) is 31.7 Å². The summed E-state index contributed by atoms with van der Waals surface area (Å²) in [5.41, 5.74) is 1.90. The molecule has 25 heavy (non-hydrogen) atoms. The lowest BCUT2D eigenvalue weighted by Crippen LogP contribution is -2.32. The van der Waals surface area contributed by atoms with E-state index in [-0.39, 0.29) is 5.91 Å². The molecule has 1 aromatic rings. The fraction of sp³-hybridized carbons (Fsp3) is 0.611. The molecule has 7 heteroatoms. The van der Waals surface area contributed by atoms with Gasteiger partial charge in [0.05, 0.1) is 4.90 Å². The first-order chi connectivity index (χ1) is 11.8. The van der Waals surface area contributed by atoms with Gasteiger partial charge in [0.15, 0.2) is 0 Å². The van der Waals surface area contributed by atoms with Crippen LogP contribution in [-0.4, -0.2) is 44.9 Å². The second kappa shape index (κ2) is 7.05. The molecule has 1 saturated heterocycles. The number of carbonyl (C=O) groups excluding carboxylic acids is 1. The minimum absolute atomic E-state index is 0.172. The van der Waals surface area contributed by atoms with Crippen LogP contribution >= 0.6 is 0 Å². The summed E-state index contributed by atoms with van der Waals surface area (Å²) in [6.45, 7) is 7.52. The number of benzene rings is 1. The molecule has 1 aliphatic heterocycles. The third-order valence-electron chi connectivity index (χ3n) is 4.99. The average molecular weight is 365 g/mol. The summed E-state index contributed by atoms with van der Waals surface area (Å²) in [4.78, 5) is 14.0. The van der Waals surface area contributed by atoms with Gasteiger partial charge in [0.1, 0.15) is 0 Å². The first kappa shape index (κ1) is 18.4. The van der Waals surface area contributed by atoms with Crippen LogP contribution in [0.3, 0.4) is 0 Å². The second-order valence-electron chi connectivity index (χ2n) is 7.35. The van der Waals surface area contributed by atoms with Crippen LogP contribution < -0.4 is 10.0 Å². The molecule has 0 spiro atoms. The summed E-state index contributed by atoms with van der Waals surface area (Å²) in [6, 6.07) is 4.15. The maximum Gasteiger partial charge on any atom is 0.241 e. The van der Waals surface area contributed by atoms with Crippen molar-refractivity contribution in [3.05, 3.63) is 23.3 Å². The highest BCUT2D eigenvalue weighted by Crippen LogP contribution is 2.31. The Bertz CT molecular complexity index is 749. The molecule has 1 heterocycles. The number of amides is 1. The normalized spacial score (nSPS) is 21.5. The summed E-state index contributed by atoms with van der Waals surface area (Å²) in [6.07, 6.45) is 3.63. The number of rotatable bonds is 6. The topological polar surface area (TPSA) is 78.5 Å². The van der Waals surface area contributed by atoms with Gasteiger partial charge in [0.2, 0.25) is 15.9 Å². The molecule has 6 nitrogen and oxygen atoms in total. The Morgan fingerprint density at radius 3 is 2.40 bits per heavy atom. The zero-order chi connectivity index (χ0) is 18.2. The minimum Gasteiger partial charge on any atom is -0.326 e. The van der Waals surface area contributed by atoms with Gasteiger partial charge in [0.25, 0.3) is 0 Å². The first-order valence-electron chi connectivity index (χ1n) is 8.89. The zero-order valence-corrected chi connectivity index (χ0v) is 15.9. The monoisotopic (exact) mass is 365 g/mol. The number of hydrogen-bond donors (Lipinski definition) is 2. The van der Waals surface area contributed by atoms with E-state index in [4.69, 9.17) is 0 Å². The van der Waals surface area contributed by atoms with E-state index in [1.807, 2.05) is 0 Å². The number of hydrogen-bond acceptors (Lipinski definition) is 4. The van der Waals surface area contributed by atoms with Crippen molar-refractivity contribution >= 4 is 21.6 Å². The molecular formula is C18H27N3O3S. The van der Waals surface area contributed by atoms with Gasteiger partial charge in [-0.3, -0.25) is 4.79 Å². The van der Waals surface area contributed by atoms with E-state index in [9.17, 15) is 13.2 Å². The number of sulfonamides is 1. The molecule has 2 aliphatic rings. The summed E-state index contributed by atoms with van der Waals surface area (Å²) in [5.74, 6) is 0.212. The Morgan fingerprint density at radius 1 is 1.20 bits per heavy atom. The Kier molecular flexibility index (Phi) is 5.18. The van der Waals surface area contributed by atoms with Crippen LogP contribution in [0.4, 0.5) is 5.69 Å². The Balaban J connectivity index is 1.68. The zero-order valence-electron chi connectivity index (χ0n) is 15.1. The smallest absolute Gasteiger partial charge is 0.241 e. The van der Waals surface area contributed by atoms with Crippen molar-refractivity contribution in [2.45, 2.75) is 51.0 Å². The molecule has 0 aromatic heterocycles. The molecule has 1 amide bonds. The van der Waals surface area contributed by atoms with E-state index in [1.165, 1.54) is 19.8 Å². The number of aryl methyl sites for hydroxylation is 2. The van der Waals surface area contributed by atoms with Gasteiger partial charge in [-0.2, -0.15) is 0 Å². The quantitative estimate of drug-likeness (QED) is 0.808. The summed E-state index contributed by atoms with van der Waals surface area (Å²) < 4.78 is 28.4. The molecule has 138 valence electrons. The molecule has 1 atom stereocenters. The highest BCUT2D eigenvalue weighted by atomic mass is 32.2. The SMILES string of the molecule is CC(=O)Nc1cc(C)c(S(=O)(=O)NC[C@@H]2CCN(C3CC3)C2)c(C)c1. The van der Waals surface area contributed by atoms with Gasteiger partial charge in [-0.25, -0.2) is 13.1 Å². The van der Waals surface area contributed by atoms with Crippen molar-refractivity contribution < 1.29 is 13.2 Å². The number of anilines is 1. The Hall–Kier alpha value is -1.44. The predicted octanol–water partition coefficient (Wildman–Crippen LogP) is 2.02. The number of likely N-dealkylation sites (tertiary alicyclic amines) is 1. The molecule has 2 N–H and O–H groups in total. The predicted molar refractivity (Wildman–Crippen MR) is 98.1 cm³/mol. The van der Waals surface area contributed by atoms with Crippen LogP contribution in [0.1, 0.15) is 37.3 Å². The van der Waals surface area contributed by atoms with Gasteiger partial charge >= 0.3 is 0 Å². The van der Waals surface area contributed by atoms with E-state index in [1.54, 1.807) is 26.0 Å². The van der Waals surface area contributed by atoms with Crippen LogP contribution in [0.15, 0.2) is 17.0 Å². The molecule has 1 aromatic carbocycles. The van der Waals surface area contributed by atoms with Crippen molar-refractivity contribution in [3.8, 4) is 0 Å². The Labute approximate surface area is 150 Å². The molecule has 2 fully saturated rings. The van der Waals surface area contributed by atoms with Gasteiger partial charge in [-0.1, -0.05) is 0 Å². The Morgan fingerprint density at radius 2 is 1.84 bits per heavy atom. The maximum atomic E-state index is 12.8. The van der Waals surface area contributed by atoms with Crippen LogP contribution in [0, 0.1) is 19.8 Å². The number of carbonyl (C=O) groups is 1. The van der Waals surface area contributed by atoms with Crippen molar-refractivity contribution in [2.24, 2.45) is 5.92 Å². The van der Waals surface area contributed by atoms with Crippen LogP contribution in [-0.2, 0) is 14.8 Å². The highest BCUT2D eigenvalue weighted by molar-refractivity contribution is 7.89. The summed E-state index contributed by atoms with van der Waals surface area (Å²) in [5, 5.41) is 2.70. The third kappa shape index (κ3) is 4.40. The minimum atomic E-state index is -3.56. The lowest BCUT2D eigenvalue weighted by atomic mass is 10.1. The fourth-order valence-electron chi connectivity index (χ4n) is 3.75. The first-order valence-corrected chi connectivity index (χ1v) is 10.4. The van der Waals surface area contributed by atoms with Gasteiger partial charge < -0.3 is 10.2 Å². The molecule has 1 saturated carbocycles. The fourth-order valence-corrected chi connectivity index (χ4v) is 5.31. The van der Waals surface area contributed by atoms with Gasteiger partial charge in [-0.05, 0) is 68.8 Å². The number of nitrogens with one attached hydrogen (secondary N) is 2. The largest absolute Gasteiger partial charge is 0.326 e. The van der Waals surface area contributed by atoms with E-state index in [0.29, 0.717) is 34.2 Å². The number of nitrogens with zero attached hydrogens (tertiary/aromatic N) is 1. The summed E-state index contributed by atoms with van der Waals surface area (Å²) in [7, 11) is -3.56. The van der Waals surface area contributed by atoms with Crippen LogP contribution in [0.25, 0.3) is 0 Å². The van der Waals surface area contributed by atoms with E-state index < -0.39 is 10.0 Å². The molecule has 0 unspecified atom stereocenters. The van der Waals surface area contributed by atoms with E-state index in [2.05, 4.69) is 14.9 Å². The van der Waals surface area contributed by atoms with E-state index in [0.717, 1.165) is 25.6 Å². The van der Waals surface area contributed by atoms with Crippen LogP contribution in [0.2, 0.25) is 0 Å². The van der Waals surface area contributed by atoms with Crippen molar-refractivity contribution in [1.82, 2.24) is 9.62 Å². The molecule has 0 radical (unpaired) electrons. The van der Waals surface area contributed by atoms with E-state index >= 15 is 0 Å². The molecule has 1 aliphatic carbocycles. The molecule has 0 bridgehead atoms. The van der Waals surface area contributed by atoms with Crippen LogP contribution in [0.5, 0.6) is 0 Å². The van der Waals surface area contributed by atoms with Gasteiger partial charge in [-0.15, -0.1) is 0 Å². The molecule has 3 rings (SSSR count). The van der Waals surface area contributed by atoms with Crippen molar-refractivity contribution in [2.75, 3.05) is 25.0 Å². The maximum absolute atomic E-state index is 12.8. The third-order valence-corrected chi connectivity index (χ3v) is 6.72. The standard InChI is InChI=1S/C18H27N3O3S/c1-12-8-16(20-14(3)22)9-13(2)18(12)25(23,24)19-10-15-6-7-21(11-15)17-4-5-17/h8-9,15,17,19H,4-7,10-11H2,1-3H3,(H,20,22)/t15-/m0/s1. The average Bonchev–Trinajstić information content (AvgIpc) is 3.22. The summed E-state index contributed by atoms with van der Waals surface area (Å²) >= 11 is 0. The molecular weight excluding hydrogens is 338 g/mol. The lowest BCUT2D eigenvalue weighted by Gasteiger charge is -2.17. The van der Waals surface area contributed by atoms with Crippen molar-refractivity contribution in [3.63, 3.8) is 0 Å². The highest BCUT2D eigenvalue weighted by Gasteiger charge is 2.34. The lowest BCUT2D eigenvalue weighted by molar-refractivity contribution is -0.114. The van der Waals surface area contributed by atoms with Crippen molar-refractivity contribution in [1.29, 1.82) is 0 Å². The second-order valence-corrected chi connectivity index (χ2v) is 9.06.